The van der Waals surface area contributed by atoms with E-state index in [-0.39, 0.29) is 5.41 Å². The van der Waals surface area contributed by atoms with Crippen LogP contribution in [0.5, 0.6) is 0 Å². The molecule has 4 nitrogen and oxygen atoms in total. The van der Waals surface area contributed by atoms with Gasteiger partial charge in [-0.25, -0.2) is 15.0 Å². The highest BCUT2D eigenvalue weighted by atomic mass is 32.1. The SMILES string of the molecule is CCNC1CC(C)(C)Cc2nc(-c3nccs3)ncc21. The molecule has 3 rings (SSSR count). The van der Waals surface area contributed by atoms with Crippen molar-refractivity contribution in [1.29, 1.82) is 0 Å². The van der Waals surface area contributed by atoms with Crippen molar-refractivity contribution in [1.82, 2.24) is 20.3 Å². The van der Waals surface area contributed by atoms with Crippen molar-refractivity contribution in [3.8, 4) is 10.8 Å². The van der Waals surface area contributed by atoms with Gasteiger partial charge in [-0.1, -0.05) is 20.8 Å². The number of aromatic nitrogens is 3. The maximum atomic E-state index is 4.78. The van der Waals surface area contributed by atoms with Crippen molar-refractivity contribution < 1.29 is 0 Å². The third-order valence-corrected chi connectivity index (χ3v) is 4.52. The Morgan fingerprint density at radius 1 is 1.40 bits per heavy atom. The van der Waals surface area contributed by atoms with Gasteiger partial charge in [-0.3, -0.25) is 0 Å². The molecule has 2 aromatic rings. The Morgan fingerprint density at radius 2 is 2.25 bits per heavy atom. The number of rotatable bonds is 3. The van der Waals surface area contributed by atoms with E-state index >= 15 is 0 Å². The van der Waals surface area contributed by atoms with E-state index in [2.05, 4.69) is 36.1 Å². The van der Waals surface area contributed by atoms with Crippen LogP contribution in [0.2, 0.25) is 0 Å². The first-order chi connectivity index (χ1) is 9.59. The van der Waals surface area contributed by atoms with Crippen LogP contribution in [0.1, 0.15) is 44.5 Å². The maximum absolute atomic E-state index is 4.78. The number of fused-ring (bicyclic) bond motifs is 1. The molecule has 0 amide bonds. The zero-order valence-corrected chi connectivity index (χ0v) is 13.0. The third kappa shape index (κ3) is 2.60. The summed E-state index contributed by atoms with van der Waals surface area (Å²) in [5.41, 5.74) is 2.70. The number of hydrogen-bond donors (Lipinski definition) is 1. The Balaban J connectivity index is 2.01. The lowest BCUT2D eigenvalue weighted by molar-refractivity contribution is 0.255. The molecule has 0 radical (unpaired) electrons. The highest BCUT2D eigenvalue weighted by Gasteiger charge is 2.33. The maximum Gasteiger partial charge on any atom is 0.188 e. The molecule has 0 saturated heterocycles. The van der Waals surface area contributed by atoms with Gasteiger partial charge in [0.2, 0.25) is 0 Å². The summed E-state index contributed by atoms with van der Waals surface area (Å²) in [7, 11) is 0. The van der Waals surface area contributed by atoms with Crippen molar-refractivity contribution in [2.24, 2.45) is 5.41 Å². The van der Waals surface area contributed by atoms with Gasteiger partial charge in [-0.2, -0.15) is 0 Å². The fourth-order valence-corrected chi connectivity index (χ4v) is 3.49. The minimum absolute atomic E-state index is 0.272. The molecule has 106 valence electrons. The lowest BCUT2D eigenvalue weighted by atomic mass is 9.74. The zero-order valence-electron chi connectivity index (χ0n) is 12.2. The molecular weight excluding hydrogens is 268 g/mol. The molecule has 2 aromatic heterocycles. The van der Waals surface area contributed by atoms with Gasteiger partial charge < -0.3 is 5.32 Å². The van der Waals surface area contributed by atoms with E-state index in [0.29, 0.717) is 6.04 Å². The van der Waals surface area contributed by atoms with E-state index in [1.807, 2.05) is 11.6 Å². The van der Waals surface area contributed by atoms with E-state index < -0.39 is 0 Å². The Morgan fingerprint density at radius 3 is 2.95 bits per heavy atom. The smallest absolute Gasteiger partial charge is 0.188 e. The molecule has 1 N–H and O–H groups in total. The molecule has 5 heteroatoms. The first-order valence-corrected chi connectivity index (χ1v) is 7.96. The lowest BCUT2D eigenvalue weighted by Gasteiger charge is -2.36. The summed E-state index contributed by atoms with van der Waals surface area (Å²) < 4.78 is 0. The van der Waals surface area contributed by atoms with Crippen LogP contribution in [0, 0.1) is 5.41 Å². The number of thiazole rings is 1. The first kappa shape index (κ1) is 13.6. The van der Waals surface area contributed by atoms with Crippen LogP contribution < -0.4 is 5.32 Å². The fourth-order valence-electron chi connectivity index (χ4n) is 2.91. The summed E-state index contributed by atoms with van der Waals surface area (Å²) in [5.74, 6) is 0.756. The van der Waals surface area contributed by atoms with Crippen molar-refractivity contribution in [3.63, 3.8) is 0 Å². The van der Waals surface area contributed by atoms with Crippen LogP contribution in [0.15, 0.2) is 17.8 Å². The lowest BCUT2D eigenvalue weighted by Crippen LogP contribution is -2.34. The highest BCUT2D eigenvalue weighted by Crippen LogP contribution is 2.40. The summed E-state index contributed by atoms with van der Waals surface area (Å²) in [6.45, 7) is 7.73. The first-order valence-electron chi connectivity index (χ1n) is 7.08. The summed E-state index contributed by atoms with van der Waals surface area (Å²) in [6.07, 6.45) is 5.93. The van der Waals surface area contributed by atoms with Gasteiger partial charge in [-0.05, 0) is 24.8 Å². The van der Waals surface area contributed by atoms with Gasteiger partial charge in [-0.15, -0.1) is 11.3 Å². The molecule has 0 spiro atoms. The Bertz CT molecular complexity index is 592. The average molecular weight is 288 g/mol. The molecule has 20 heavy (non-hydrogen) atoms. The third-order valence-electron chi connectivity index (χ3n) is 3.75. The molecule has 0 aromatic carbocycles. The summed E-state index contributed by atoms with van der Waals surface area (Å²) in [5, 5.41) is 6.42. The monoisotopic (exact) mass is 288 g/mol. The van der Waals surface area contributed by atoms with Gasteiger partial charge in [0.25, 0.3) is 0 Å². The molecule has 0 aliphatic heterocycles. The Hall–Kier alpha value is -1.33. The van der Waals surface area contributed by atoms with Crippen molar-refractivity contribution in [3.05, 3.63) is 29.0 Å². The quantitative estimate of drug-likeness (QED) is 0.942. The van der Waals surface area contributed by atoms with Crippen molar-refractivity contribution >= 4 is 11.3 Å². The average Bonchev–Trinajstić information content (AvgIpc) is 2.90. The van der Waals surface area contributed by atoms with Crippen LogP contribution >= 0.6 is 11.3 Å². The van der Waals surface area contributed by atoms with Crippen LogP contribution in [0.4, 0.5) is 0 Å². The topological polar surface area (TPSA) is 50.7 Å². The second-order valence-electron chi connectivity index (χ2n) is 6.09. The van der Waals surface area contributed by atoms with E-state index in [4.69, 9.17) is 4.98 Å². The van der Waals surface area contributed by atoms with Crippen LogP contribution in [-0.2, 0) is 6.42 Å². The van der Waals surface area contributed by atoms with Gasteiger partial charge in [0.1, 0.15) is 0 Å². The second kappa shape index (κ2) is 5.22. The standard InChI is InChI=1S/C15H20N4S/c1-4-16-11-7-15(2,3)8-12-10(11)9-18-13(19-12)14-17-5-6-20-14/h5-6,9,11,16H,4,7-8H2,1-3H3. The summed E-state index contributed by atoms with van der Waals surface area (Å²) in [6, 6.07) is 0.365. The molecular formula is C15H20N4S. The number of hydrogen-bond acceptors (Lipinski definition) is 5. The molecule has 0 saturated carbocycles. The van der Waals surface area contributed by atoms with Crippen molar-refractivity contribution in [2.75, 3.05) is 6.54 Å². The van der Waals surface area contributed by atoms with E-state index in [9.17, 15) is 0 Å². The number of nitrogens with zero attached hydrogens (tertiary/aromatic N) is 3. The Kier molecular flexibility index (Phi) is 3.56. The van der Waals surface area contributed by atoms with Crippen LogP contribution in [0.25, 0.3) is 10.8 Å². The van der Waals surface area contributed by atoms with Crippen LogP contribution in [-0.4, -0.2) is 21.5 Å². The predicted molar refractivity (Wildman–Crippen MR) is 81.7 cm³/mol. The van der Waals surface area contributed by atoms with E-state index in [1.54, 1.807) is 17.5 Å². The minimum Gasteiger partial charge on any atom is -0.310 e. The Labute approximate surface area is 123 Å². The van der Waals surface area contributed by atoms with Gasteiger partial charge in [0, 0.05) is 35.1 Å². The predicted octanol–water partition coefficient (Wildman–Crippen LogP) is 3.22. The molecule has 0 bridgehead atoms. The molecule has 1 aliphatic rings. The second-order valence-corrected chi connectivity index (χ2v) is 6.98. The fraction of sp³-hybridized carbons (Fsp3) is 0.533. The molecule has 1 aliphatic carbocycles. The van der Waals surface area contributed by atoms with Crippen molar-refractivity contribution in [2.45, 2.75) is 39.7 Å². The molecule has 2 heterocycles. The summed E-state index contributed by atoms with van der Waals surface area (Å²) >= 11 is 1.59. The molecule has 1 atom stereocenters. The molecule has 0 fully saturated rings. The van der Waals surface area contributed by atoms with E-state index in [1.165, 1.54) is 11.3 Å². The summed E-state index contributed by atoms with van der Waals surface area (Å²) in [4.78, 5) is 13.6. The zero-order chi connectivity index (χ0) is 14.2. The molecule has 1 unspecified atom stereocenters. The van der Waals surface area contributed by atoms with Gasteiger partial charge in [0.05, 0.1) is 0 Å². The van der Waals surface area contributed by atoms with Gasteiger partial charge >= 0.3 is 0 Å². The minimum atomic E-state index is 0.272. The largest absolute Gasteiger partial charge is 0.310 e. The van der Waals surface area contributed by atoms with E-state index in [0.717, 1.165) is 30.2 Å². The van der Waals surface area contributed by atoms with Crippen LogP contribution in [0.3, 0.4) is 0 Å². The highest BCUT2D eigenvalue weighted by molar-refractivity contribution is 7.12. The normalized spacial score (nSPS) is 20.6. The number of nitrogens with one attached hydrogen (secondary N) is 1. The van der Waals surface area contributed by atoms with Gasteiger partial charge in [0.15, 0.2) is 10.8 Å².